The lowest BCUT2D eigenvalue weighted by molar-refractivity contribution is 0.179. The monoisotopic (exact) mass is 334 g/mol. The summed E-state index contributed by atoms with van der Waals surface area (Å²) in [6, 6.07) is 1.93. The van der Waals surface area contributed by atoms with Crippen molar-refractivity contribution in [2.24, 2.45) is 7.05 Å². The molecule has 0 aliphatic rings. The molecule has 0 aliphatic heterocycles. The zero-order valence-corrected chi connectivity index (χ0v) is 12.6. The van der Waals surface area contributed by atoms with Crippen molar-refractivity contribution in [2.45, 2.75) is 19.4 Å². The summed E-state index contributed by atoms with van der Waals surface area (Å²) in [5.74, 6) is 0. The molecule has 0 fully saturated rings. The van der Waals surface area contributed by atoms with E-state index in [-0.39, 0.29) is 0 Å². The lowest BCUT2D eigenvalue weighted by Gasteiger charge is -2.10. The molecule has 1 unspecified atom stereocenters. The van der Waals surface area contributed by atoms with Gasteiger partial charge in [-0.05, 0) is 34.3 Å². The SMILES string of the molecule is Cc1nn(C)c(CC(O)c2sccc2Br)c1Cl. The van der Waals surface area contributed by atoms with Crippen molar-refractivity contribution in [2.75, 3.05) is 0 Å². The van der Waals surface area contributed by atoms with Gasteiger partial charge in [0, 0.05) is 22.8 Å². The van der Waals surface area contributed by atoms with Crippen molar-refractivity contribution < 1.29 is 5.11 Å². The predicted molar refractivity (Wildman–Crippen MR) is 73.6 cm³/mol. The van der Waals surface area contributed by atoms with Crippen molar-refractivity contribution >= 4 is 38.9 Å². The maximum Gasteiger partial charge on any atom is 0.0949 e. The van der Waals surface area contributed by atoms with Crippen LogP contribution >= 0.6 is 38.9 Å². The lowest BCUT2D eigenvalue weighted by atomic mass is 10.1. The van der Waals surface area contributed by atoms with E-state index < -0.39 is 6.10 Å². The van der Waals surface area contributed by atoms with Crippen LogP contribution in [-0.2, 0) is 13.5 Å². The van der Waals surface area contributed by atoms with Crippen LogP contribution in [0.25, 0.3) is 0 Å². The Balaban J connectivity index is 2.24. The van der Waals surface area contributed by atoms with Crippen molar-refractivity contribution in [1.29, 1.82) is 0 Å². The first-order valence-electron chi connectivity index (χ1n) is 5.09. The third-order valence-electron chi connectivity index (χ3n) is 2.60. The molecule has 0 bridgehead atoms. The van der Waals surface area contributed by atoms with E-state index in [4.69, 9.17) is 11.6 Å². The fraction of sp³-hybridized carbons (Fsp3) is 0.364. The van der Waals surface area contributed by atoms with Gasteiger partial charge in [-0.2, -0.15) is 5.10 Å². The number of halogens is 2. The summed E-state index contributed by atoms with van der Waals surface area (Å²) in [7, 11) is 1.84. The van der Waals surface area contributed by atoms with Crippen LogP contribution in [0.3, 0.4) is 0 Å². The van der Waals surface area contributed by atoms with E-state index >= 15 is 0 Å². The van der Waals surface area contributed by atoms with Crippen molar-refractivity contribution in [3.8, 4) is 0 Å². The van der Waals surface area contributed by atoms with E-state index in [1.54, 1.807) is 4.68 Å². The largest absolute Gasteiger partial charge is 0.387 e. The van der Waals surface area contributed by atoms with Gasteiger partial charge in [0.1, 0.15) is 0 Å². The summed E-state index contributed by atoms with van der Waals surface area (Å²) in [5, 5.41) is 17.0. The Morgan fingerprint density at radius 3 is 2.82 bits per heavy atom. The molecular weight excluding hydrogens is 324 g/mol. The summed E-state index contributed by atoms with van der Waals surface area (Å²) in [4.78, 5) is 0.917. The Kier molecular flexibility index (Phi) is 3.92. The quantitative estimate of drug-likeness (QED) is 0.932. The molecule has 0 aliphatic carbocycles. The Morgan fingerprint density at radius 2 is 2.35 bits per heavy atom. The smallest absolute Gasteiger partial charge is 0.0949 e. The highest BCUT2D eigenvalue weighted by atomic mass is 79.9. The number of aliphatic hydroxyl groups is 1. The standard InChI is InChI=1S/C11H12BrClN2OS/c1-6-10(13)8(15(2)14-6)5-9(16)11-7(12)3-4-17-11/h3-4,9,16H,5H2,1-2H3. The highest BCUT2D eigenvalue weighted by molar-refractivity contribution is 9.10. The highest BCUT2D eigenvalue weighted by Crippen LogP contribution is 2.32. The van der Waals surface area contributed by atoms with Gasteiger partial charge in [-0.15, -0.1) is 11.3 Å². The third-order valence-corrected chi connectivity index (χ3v) is 5.06. The Morgan fingerprint density at radius 1 is 1.65 bits per heavy atom. The van der Waals surface area contributed by atoms with Gasteiger partial charge in [-0.25, -0.2) is 0 Å². The minimum absolute atomic E-state index is 0.468. The summed E-state index contributed by atoms with van der Waals surface area (Å²) < 4.78 is 2.66. The molecule has 3 nitrogen and oxygen atoms in total. The third kappa shape index (κ3) is 2.57. The minimum atomic E-state index is -0.559. The summed E-state index contributed by atoms with van der Waals surface area (Å²) in [5.41, 5.74) is 1.65. The average Bonchev–Trinajstić information content (AvgIpc) is 2.78. The van der Waals surface area contributed by atoms with Crippen molar-refractivity contribution in [3.63, 3.8) is 0 Å². The number of thiophene rings is 1. The van der Waals surface area contributed by atoms with Crippen LogP contribution in [0.15, 0.2) is 15.9 Å². The van der Waals surface area contributed by atoms with Gasteiger partial charge in [-0.3, -0.25) is 4.68 Å². The summed E-state index contributed by atoms with van der Waals surface area (Å²) >= 11 is 11.1. The first-order valence-corrected chi connectivity index (χ1v) is 7.14. The lowest BCUT2D eigenvalue weighted by Crippen LogP contribution is -2.06. The maximum absolute atomic E-state index is 10.2. The average molecular weight is 336 g/mol. The maximum atomic E-state index is 10.2. The van der Waals surface area contributed by atoms with Crippen LogP contribution in [0.2, 0.25) is 5.02 Å². The Labute approximate surface area is 117 Å². The van der Waals surface area contributed by atoms with Crippen LogP contribution in [0.4, 0.5) is 0 Å². The van der Waals surface area contributed by atoms with E-state index in [0.29, 0.717) is 11.4 Å². The molecule has 2 aromatic rings. The van der Waals surface area contributed by atoms with Crippen LogP contribution in [0.1, 0.15) is 22.4 Å². The van der Waals surface area contributed by atoms with Crippen molar-refractivity contribution in [3.05, 3.63) is 37.2 Å². The summed E-state index contributed by atoms with van der Waals surface area (Å²) in [6.45, 7) is 1.86. The molecule has 6 heteroatoms. The Hall–Kier alpha value is -0.360. The normalized spacial score (nSPS) is 13.0. The molecule has 92 valence electrons. The number of rotatable bonds is 3. The summed E-state index contributed by atoms with van der Waals surface area (Å²) in [6.07, 6.45) is -0.0911. The molecule has 0 radical (unpaired) electrons. The molecule has 1 N–H and O–H groups in total. The number of nitrogens with zero attached hydrogens (tertiary/aromatic N) is 2. The van der Waals surface area contributed by atoms with E-state index in [1.807, 2.05) is 25.4 Å². The molecule has 17 heavy (non-hydrogen) atoms. The van der Waals surface area contributed by atoms with E-state index in [9.17, 15) is 5.11 Å². The number of aromatic nitrogens is 2. The highest BCUT2D eigenvalue weighted by Gasteiger charge is 2.19. The number of hydrogen-bond acceptors (Lipinski definition) is 3. The van der Waals surface area contributed by atoms with E-state index in [2.05, 4.69) is 21.0 Å². The number of aryl methyl sites for hydroxylation is 2. The first-order chi connectivity index (χ1) is 8.00. The van der Waals surface area contributed by atoms with Gasteiger partial charge in [0.25, 0.3) is 0 Å². The van der Waals surface area contributed by atoms with Gasteiger partial charge < -0.3 is 5.11 Å². The fourth-order valence-corrected chi connectivity index (χ4v) is 3.58. The Bertz CT molecular complexity index is 538. The molecule has 0 saturated carbocycles. The van der Waals surface area contributed by atoms with Gasteiger partial charge in [0.2, 0.25) is 0 Å². The van der Waals surface area contributed by atoms with Crippen LogP contribution < -0.4 is 0 Å². The zero-order valence-electron chi connectivity index (χ0n) is 9.44. The molecule has 0 spiro atoms. The molecular formula is C11H12BrClN2OS. The van der Waals surface area contributed by atoms with Gasteiger partial charge in [-0.1, -0.05) is 11.6 Å². The van der Waals surface area contributed by atoms with E-state index in [0.717, 1.165) is 20.7 Å². The molecule has 0 aromatic carbocycles. The predicted octanol–water partition coefficient (Wildman–Crippen LogP) is 3.48. The van der Waals surface area contributed by atoms with Gasteiger partial charge in [0.15, 0.2) is 0 Å². The van der Waals surface area contributed by atoms with Crippen LogP contribution in [0, 0.1) is 6.92 Å². The number of hydrogen-bond donors (Lipinski definition) is 1. The first kappa shape index (κ1) is 13.1. The van der Waals surface area contributed by atoms with Crippen molar-refractivity contribution in [1.82, 2.24) is 9.78 Å². The number of aliphatic hydroxyl groups excluding tert-OH is 1. The molecule has 1 atom stereocenters. The second-order valence-corrected chi connectivity index (χ2v) is 6.00. The van der Waals surface area contributed by atoms with E-state index in [1.165, 1.54) is 11.3 Å². The van der Waals surface area contributed by atoms with Gasteiger partial charge in [0.05, 0.1) is 22.5 Å². The molecule has 0 saturated heterocycles. The molecule has 0 amide bonds. The fourth-order valence-electron chi connectivity index (χ4n) is 1.72. The minimum Gasteiger partial charge on any atom is -0.387 e. The van der Waals surface area contributed by atoms with Crippen LogP contribution in [-0.4, -0.2) is 14.9 Å². The topological polar surface area (TPSA) is 38.0 Å². The second-order valence-electron chi connectivity index (χ2n) is 3.82. The molecule has 2 aromatic heterocycles. The molecule has 2 rings (SSSR count). The molecule has 2 heterocycles. The van der Waals surface area contributed by atoms with Crippen LogP contribution in [0.5, 0.6) is 0 Å². The second kappa shape index (κ2) is 5.10. The zero-order chi connectivity index (χ0) is 12.6. The van der Waals surface area contributed by atoms with Gasteiger partial charge >= 0.3 is 0 Å².